The number of halogens is 1. The summed E-state index contributed by atoms with van der Waals surface area (Å²) < 4.78 is -0.319. The average Bonchev–Trinajstić information content (AvgIpc) is 3.19. The van der Waals surface area contributed by atoms with E-state index in [1.807, 2.05) is 23.5 Å². The highest BCUT2D eigenvalue weighted by molar-refractivity contribution is 8.05. The topological polar surface area (TPSA) is 0 Å². The van der Waals surface area contributed by atoms with Crippen LogP contribution in [0.15, 0.2) is 94.7 Å². The molecule has 0 radical (unpaired) electrons. The molecule has 3 heteroatoms. The van der Waals surface area contributed by atoms with Gasteiger partial charge in [0, 0.05) is 21.0 Å². The van der Waals surface area contributed by atoms with Crippen LogP contribution < -0.4 is 0 Å². The van der Waals surface area contributed by atoms with Crippen LogP contribution in [0.25, 0.3) is 0 Å². The standard InChI is InChI=1S/C23H19ClS2/c24-23(26-17-11-5-2-6-12-17)21-15-20(18-13-7-8-14-19(18)21)22(23)25-16-9-3-1-4-10-16/h1-14,20-22H,15H2/t20-,21+,22?,23?/m0/s1. The number of thioether (sulfide) groups is 2. The molecule has 5 rings (SSSR count). The van der Waals surface area contributed by atoms with Crippen molar-refractivity contribution in [1.82, 2.24) is 0 Å². The molecule has 2 aliphatic rings. The van der Waals surface area contributed by atoms with Gasteiger partial charge in [-0.15, -0.1) is 35.1 Å². The molecule has 0 aromatic heterocycles. The fourth-order valence-electron chi connectivity index (χ4n) is 4.41. The van der Waals surface area contributed by atoms with Crippen molar-refractivity contribution in [3.05, 3.63) is 96.1 Å². The van der Waals surface area contributed by atoms with E-state index in [0.717, 1.165) is 6.42 Å². The zero-order chi connectivity index (χ0) is 17.6. The molecule has 0 N–H and O–H groups in total. The van der Waals surface area contributed by atoms with Crippen LogP contribution >= 0.6 is 35.1 Å². The molecule has 2 aliphatic carbocycles. The van der Waals surface area contributed by atoms with E-state index in [4.69, 9.17) is 11.6 Å². The van der Waals surface area contributed by atoms with E-state index < -0.39 is 0 Å². The SMILES string of the molecule is ClC1(Sc2ccccc2)C(Sc2ccccc2)[C@H]2C[C@@H]1c1ccccc12. The van der Waals surface area contributed by atoms with Gasteiger partial charge in [-0.1, -0.05) is 60.7 Å². The Bertz CT molecular complexity index is 912. The van der Waals surface area contributed by atoms with Crippen LogP contribution in [-0.2, 0) is 0 Å². The lowest BCUT2D eigenvalue weighted by Crippen LogP contribution is -2.36. The highest BCUT2D eigenvalue weighted by Gasteiger charge is 2.60. The summed E-state index contributed by atoms with van der Waals surface area (Å²) in [5.41, 5.74) is 2.97. The Hall–Kier alpha value is -1.35. The van der Waals surface area contributed by atoms with Gasteiger partial charge in [0.25, 0.3) is 0 Å². The molecule has 1 fully saturated rings. The van der Waals surface area contributed by atoms with Gasteiger partial charge in [-0.3, -0.25) is 0 Å². The maximum Gasteiger partial charge on any atom is 0.114 e. The summed E-state index contributed by atoms with van der Waals surface area (Å²) in [5, 5.41) is 0.358. The monoisotopic (exact) mass is 394 g/mol. The first kappa shape index (κ1) is 16.8. The minimum absolute atomic E-state index is 0.319. The van der Waals surface area contributed by atoms with Crippen LogP contribution in [-0.4, -0.2) is 9.46 Å². The fraction of sp³-hybridized carbons (Fsp3) is 0.217. The molecule has 3 aromatic carbocycles. The van der Waals surface area contributed by atoms with Crippen LogP contribution in [0.4, 0.5) is 0 Å². The summed E-state index contributed by atoms with van der Waals surface area (Å²) >= 11 is 11.3. The lowest BCUT2D eigenvalue weighted by Gasteiger charge is -2.39. The Balaban J connectivity index is 1.56. The maximum atomic E-state index is 7.49. The van der Waals surface area contributed by atoms with Crippen molar-refractivity contribution >= 4 is 35.1 Å². The van der Waals surface area contributed by atoms with E-state index in [-0.39, 0.29) is 4.21 Å². The van der Waals surface area contributed by atoms with Gasteiger partial charge in [-0.2, -0.15) is 0 Å². The summed E-state index contributed by atoms with van der Waals surface area (Å²) in [4.78, 5) is 2.56. The van der Waals surface area contributed by atoms with Crippen molar-refractivity contribution in [2.75, 3.05) is 0 Å². The van der Waals surface area contributed by atoms with Gasteiger partial charge in [-0.25, -0.2) is 0 Å². The minimum Gasteiger partial charge on any atom is -0.119 e. The predicted molar refractivity (Wildman–Crippen MR) is 114 cm³/mol. The molecule has 0 saturated heterocycles. The second-order valence-corrected chi connectivity index (χ2v) is 10.4. The highest BCUT2D eigenvalue weighted by atomic mass is 35.5. The van der Waals surface area contributed by atoms with Crippen LogP contribution in [0, 0.1) is 0 Å². The number of benzene rings is 3. The molecule has 26 heavy (non-hydrogen) atoms. The molecule has 0 amide bonds. The van der Waals surface area contributed by atoms with E-state index in [1.54, 1.807) is 0 Å². The van der Waals surface area contributed by atoms with Gasteiger partial charge in [0.15, 0.2) is 0 Å². The van der Waals surface area contributed by atoms with Crippen molar-refractivity contribution in [2.24, 2.45) is 0 Å². The third-order valence-electron chi connectivity index (χ3n) is 5.51. The zero-order valence-corrected chi connectivity index (χ0v) is 16.6. The van der Waals surface area contributed by atoms with E-state index in [9.17, 15) is 0 Å². The first-order valence-electron chi connectivity index (χ1n) is 8.99. The van der Waals surface area contributed by atoms with E-state index in [0.29, 0.717) is 17.1 Å². The highest BCUT2D eigenvalue weighted by Crippen LogP contribution is 2.69. The molecule has 0 heterocycles. The van der Waals surface area contributed by atoms with Gasteiger partial charge < -0.3 is 0 Å². The number of fused-ring (bicyclic) bond motifs is 5. The Kier molecular flexibility index (Phi) is 4.31. The van der Waals surface area contributed by atoms with Crippen molar-refractivity contribution in [1.29, 1.82) is 0 Å². The van der Waals surface area contributed by atoms with Crippen molar-refractivity contribution in [3.63, 3.8) is 0 Å². The van der Waals surface area contributed by atoms with Gasteiger partial charge in [0.2, 0.25) is 0 Å². The molecule has 130 valence electrons. The predicted octanol–water partition coefficient (Wildman–Crippen LogP) is 7.16. The molecular formula is C23H19ClS2. The Labute approximate surface area is 168 Å². The molecule has 2 unspecified atom stereocenters. The van der Waals surface area contributed by atoms with E-state index in [2.05, 4.69) is 84.9 Å². The lowest BCUT2D eigenvalue weighted by molar-refractivity contribution is 0.694. The third kappa shape index (κ3) is 2.70. The number of hydrogen-bond acceptors (Lipinski definition) is 2. The Morgan fingerprint density at radius 1 is 0.731 bits per heavy atom. The van der Waals surface area contributed by atoms with Crippen LogP contribution in [0.5, 0.6) is 0 Å². The molecular weight excluding hydrogens is 376 g/mol. The first-order chi connectivity index (χ1) is 12.8. The summed E-state index contributed by atoms with van der Waals surface area (Å²) in [5.74, 6) is 0.923. The molecule has 0 aliphatic heterocycles. The number of hydrogen-bond donors (Lipinski definition) is 0. The Morgan fingerprint density at radius 2 is 1.31 bits per heavy atom. The van der Waals surface area contributed by atoms with Gasteiger partial charge in [0.1, 0.15) is 4.21 Å². The average molecular weight is 395 g/mol. The smallest absolute Gasteiger partial charge is 0.114 e. The number of rotatable bonds is 4. The summed E-state index contributed by atoms with van der Waals surface area (Å²) in [7, 11) is 0. The third-order valence-corrected chi connectivity index (χ3v) is 9.38. The fourth-order valence-corrected chi connectivity index (χ4v) is 8.12. The second kappa shape index (κ2) is 6.67. The quantitative estimate of drug-likeness (QED) is 0.430. The molecule has 4 atom stereocenters. The molecule has 0 nitrogen and oxygen atoms in total. The molecule has 1 saturated carbocycles. The molecule has 0 spiro atoms. The largest absolute Gasteiger partial charge is 0.119 e. The summed E-state index contributed by atoms with van der Waals surface area (Å²) in [6.45, 7) is 0. The zero-order valence-electron chi connectivity index (χ0n) is 14.2. The van der Waals surface area contributed by atoms with E-state index in [1.165, 1.54) is 20.9 Å². The Morgan fingerprint density at radius 3 is 2.00 bits per heavy atom. The van der Waals surface area contributed by atoms with E-state index >= 15 is 0 Å². The normalized spacial score (nSPS) is 28.9. The van der Waals surface area contributed by atoms with Gasteiger partial charge in [0.05, 0.1) is 0 Å². The summed E-state index contributed by atoms with van der Waals surface area (Å²) in [6.07, 6.45) is 1.16. The second-order valence-electron chi connectivity index (χ2n) is 6.99. The van der Waals surface area contributed by atoms with Crippen molar-refractivity contribution in [3.8, 4) is 0 Å². The summed E-state index contributed by atoms with van der Waals surface area (Å²) in [6, 6.07) is 30.2. The lowest BCUT2D eigenvalue weighted by atomic mass is 9.90. The number of alkyl halides is 1. The van der Waals surface area contributed by atoms with Gasteiger partial charge in [-0.05, 0) is 47.7 Å². The molecule has 2 bridgehead atoms. The van der Waals surface area contributed by atoms with Crippen molar-refractivity contribution in [2.45, 2.75) is 37.5 Å². The van der Waals surface area contributed by atoms with Crippen LogP contribution in [0.3, 0.4) is 0 Å². The first-order valence-corrected chi connectivity index (χ1v) is 11.1. The van der Waals surface area contributed by atoms with Gasteiger partial charge >= 0.3 is 0 Å². The van der Waals surface area contributed by atoms with Crippen LogP contribution in [0.1, 0.15) is 29.4 Å². The van der Waals surface area contributed by atoms with Crippen LogP contribution in [0.2, 0.25) is 0 Å². The maximum absolute atomic E-state index is 7.49. The van der Waals surface area contributed by atoms with Crippen molar-refractivity contribution < 1.29 is 0 Å². The minimum atomic E-state index is -0.319. The molecule has 3 aromatic rings.